The zero-order valence-corrected chi connectivity index (χ0v) is 11.9. The van der Waals surface area contributed by atoms with Gasteiger partial charge in [0.2, 0.25) is 0 Å². The maximum Gasteiger partial charge on any atom is 0.416 e. The lowest BCUT2D eigenvalue weighted by molar-refractivity contribution is -0.143. The zero-order chi connectivity index (χ0) is 17.4. The monoisotopic (exact) mass is 332 g/mol. The first-order chi connectivity index (χ1) is 10.5. The van der Waals surface area contributed by atoms with Gasteiger partial charge in [0.15, 0.2) is 0 Å². The van der Waals surface area contributed by atoms with Crippen molar-refractivity contribution in [3.8, 4) is 0 Å². The molecular formula is C14H15F3N2O4. The van der Waals surface area contributed by atoms with Gasteiger partial charge in [0.05, 0.1) is 5.56 Å². The molecule has 0 aliphatic carbocycles. The topological polar surface area (TPSA) is 104 Å². The number of hydrogen-bond acceptors (Lipinski definition) is 4. The average molecular weight is 332 g/mol. The van der Waals surface area contributed by atoms with Crippen LogP contribution in [-0.4, -0.2) is 45.2 Å². The number of carboxylic acids is 2. The van der Waals surface area contributed by atoms with Crippen molar-refractivity contribution in [3.63, 3.8) is 0 Å². The molecule has 2 atom stereocenters. The molecule has 1 fully saturated rings. The molecule has 0 amide bonds. The van der Waals surface area contributed by atoms with Crippen LogP contribution in [0.4, 0.5) is 13.2 Å². The molecule has 0 radical (unpaired) electrons. The molecule has 2 unspecified atom stereocenters. The second kappa shape index (κ2) is 5.82. The lowest BCUT2D eigenvalue weighted by Crippen LogP contribution is -2.50. The van der Waals surface area contributed by atoms with E-state index >= 15 is 0 Å². The number of aliphatic carboxylic acids is 2. The first-order valence-electron chi connectivity index (χ1n) is 6.69. The highest BCUT2D eigenvalue weighted by atomic mass is 19.4. The van der Waals surface area contributed by atoms with Gasteiger partial charge < -0.3 is 15.9 Å². The predicted molar refractivity (Wildman–Crippen MR) is 72.4 cm³/mol. The fourth-order valence-corrected chi connectivity index (χ4v) is 2.73. The Labute approximate surface area is 129 Å². The van der Waals surface area contributed by atoms with Crippen molar-refractivity contribution in [2.24, 2.45) is 5.73 Å². The molecule has 0 saturated carbocycles. The molecule has 1 saturated heterocycles. The lowest BCUT2D eigenvalue weighted by Gasteiger charge is -2.23. The third-order valence-electron chi connectivity index (χ3n) is 3.89. The fourth-order valence-electron chi connectivity index (χ4n) is 2.73. The molecule has 1 aliphatic heterocycles. The highest BCUT2D eigenvalue weighted by Crippen LogP contribution is 2.34. The van der Waals surface area contributed by atoms with Gasteiger partial charge in [0, 0.05) is 19.5 Å². The summed E-state index contributed by atoms with van der Waals surface area (Å²) in [6, 6.07) is 3.52. The zero-order valence-electron chi connectivity index (χ0n) is 11.9. The molecule has 0 aromatic heterocycles. The summed E-state index contributed by atoms with van der Waals surface area (Å²) in [6.45, 7) is -0.690. The van der Waals surface area contributed by atoms with Gasteiger partial charge in [-0.15, -0.1) is 0 Å². The van der Waals surface area contributed by atoms with Gasteiger partial charge in [0.25, 0.3) is 0 Å². The van der Waals surface area contributed by atoms with Gasteiger partial charge in [-0.25, -0.2) is 0 Å². The summed E-state index contributed by atoms with van der Waals surface area (Å²) in [5.41, 5.74) is 2.87. The Morgan fingerprint density at radius 3 is 2.43 bits per heavy atom. The van der Waals surface area contributed by atoms with Crippen LogP contribution in [0.3, 0.4) is 0 Å². The van der Waals surface area contributed by atoms with E-state index in [1.54, 1.807) is 0 Å². The Morgan fingerprint density at radius 2 is 1.91 bits per heavy atom. The van der Waals surface area contributed by atoms with Crippen LogP contribution >= 0.6 is 0 Å². The highest BCUT2D eigenvalue weighted by molar-refractivity contribution is 5.83. The normalized spacial score (nSPS) is 25.5. The average Bonchev–Trinajstić information content (AvgIpc) is 2.77. The Bertz CT molecular complexity index is 635. The quantitative estimate of drug-likeness (QED) is 0.764. The van der Waals surface area contributed by atoms with Crippen molar-refractivity contribution in [3.05, 3.63) is 35.4 Å². The number of nitrogens with two attached hydrogens (primary N) is 1. The summed E-state index contributed by atoms with van der Waals surface area (Å²) in [4.78, 5) is 23.6. The van der Waals surface area contributed by atoms with E-state index in [0.29, 0.717) is 0 Å². The second-order valence-electron chi connectivity index (χ2n) is 5.58. The summed E-state index contributed by atoms with van der Waals surface area (Å²) < 4.78 is 39.0. The van der Waals surface area contributed by atoms with E-state index in [2.05, 4.69) is 0 Å². The summed E-state index contributed by atoms with van der Waals surface area (Å²) in [7, 11) is 0. The maximum atomic E-state index is 13.0. The van der Waals surface area contributed by atoms with Crippen molar-refractivity contribution >= 4 is 11.9 Å². The first-order valence-corrected chi connectivity index (χ1v) is 6.69. The van der Waals surface area contributed by atoms with Crippen LogP contribution < -0.4 is 5.73 Å². The molecule has 0 spiro atoms. The highest BCUT2D eigenvalue weighted by Gasteiger charge is 2.49. The van der Waals surface area contributed by atoms with Crippen LogP contribution in [0.1, 0.15) is 17.5 Å². The minimum atomic E-state index is -4.58. The molecule has 126 valence electrons. The molecule has 1 heterocycles. The molecular weight excluding hydrogens is 317 g/mol. The summed E-state index contributed by atoms with van der Waals surface area (Å²) >= 11 is 0. The number of carbonyl (C=O) groups is 2. The van der Waals surface area contributed by atoms with Gasteiger partial charge >= 0.3 is 18.1 Å². The molecule has 1 aromatic rings. The van der Waals surface area contributed by atoms with Crippen LogP contribution in [0, 0.1) is 0 Å². The van der Waals surface area contributed by atoms with Crippen LogP contribution in [-0.2, 0) is 22.3 Å². The van der Waals surface area contributed by atoms with Crippen molar-refractivity contribution < 1.29 is 33.0 Å². The molecule has 6 nitrogen and oxygen atoms in total. The number of nitrogens with zero attached hydrogens (tertiary/aromatic N) is 1. The van der Waals surface area contributed by atoms with E-state index < -0.39 is 35.3 Å². The number of benzene rings is 1. The van der Waals surface area contributed by atoms with E-state index in [4.69, 9.17) is 10.8 Å². The molecule has 2 rings (SSSR count). The summed E-state index contributed by atoms with van der Waals surface area (Å²) in [5, 5.41) is 18.3. The van der Waals surface area contributed by atoms with Gasteiger partial charge in [-0.3, -0.25) is 14.5 Å². The van der Waals surface area contributed by atoms with E-state index in [9.17, 15) is 27.9 Å². The molecule has 9 heteroatoms. The van der Waals surface area contributed by atoms with E-state index in [-0.39, 0.29) is 25.1 Å². The number of hydrogen-bond donors (Lipinski definition) is 3. The van der Waals surface area contributed by atoms with Crippen molar-refractivity contribution in [1.82, 2.24) is 4.90 Å². The number of rotatable bonds is 4. The summed E-state index contributed by atoms with van der Waals surface area (Å²) in [6.07, 6.45) is -4.95. The Balaban J connectivity index is 2.32. The Morgan fingerprint density at radius 1 is 1.30 bits per heavy atom. The van der Waals surface area contributed by atoms with Gasteiger partial charge in [-0.05, 0) is 11.6 Å². The van der Waals surface area contributed by atoms with Gasteiger partial charge in [0.1, 0.15) is 11.6 Å². The number of halogens is 3. The smallest absolute Gasteiger partial charge is 0.416 e. The number of carboxylic acid groups (broad SMARTS) is 2. The van der Waals surface area contributed by atoms with Crippen molar-refractivity contribution in [2.45, 2.75) is 30.7 Å². The van der Waals surface area contributed by atoms with Crippen molar-refractivity contribution in [1.29, 1.82) is 0 Å². The van der Waals surface area contributed by atoms with Gasteiger partial charge in [-0.2, -0.15) is 13.2 Å². The largest absolute Gasteiger partial charge is 0.480 e. The Kier molecular flexibility index (Phi) is 4.36. The molecule has 4 N–H and O–H groups in total. The van der Waals surface area contributed by atoms with Crippen LogP contribution in [0.2, 0.25) is 0 Å². The summed E-state index contributed by atoms with van der Waals surface area (Å²) in [5.74, 6) is -2.70. The van der Waals surface area contributed by atoms with Crippen LogP contribution in [0.15, 0.2) is 24.3 Å². The SMILES string of the molecule is NC1(C(=O)O)CC(C(=O)O)N(Cc2ccccc2C(F)(F)F)C1. The minimum absolute atomic E-state index is 0.124. The first kappa shape index (κ1) is 17.2. The Hall–Kier alpha value is -2.13. The lowest BCUT2D eigenvalue weighted by atomic mass is 9.98. The van der Waals surface area contributed by atoms with Crippen LogP contribution in [0.25, 0.3) is 0 Å². The minimum Gasteiger partial charge on any atom is -0.480 e. The van der Waals surface area contributed by atoms with E-state index in [1.807, 2.05) is 0 Å². The van der Waals surface area contributed by atoms with E-state index in [1.165, 1.54) is 18.2 Å². The standard InChI is InChI=1S/C14H15F3N2O4/c15-14(16,17)9-4-2-1-3-8(9)6-19-7-13(18,12(22)23)5-10(19)11(20)21/h1-4,10H,5-7,18H2,(H,20,21)(H,22,23). The third-order valence-corrected chi connectivity index (χ3v) is 3.89. The fraction of sp³-hybridized carbons (Fsp3) is 0.429. The molecule has 0 bridgehead atoms. The third kappa shape index (κ3) is 3.45. The molecule has 1 aliphatic rings. The predicted octanol–water partition coefficient (Wildman–Crippen LogP) is 1.15. The maximum absolute atomic E-state index is 13.0. The second-order valence-corrected chi connectivity index (χ2v) is 5.58. The van der Waals surface area contributed by atoms with Crippen LogP contribution in [0.5, 0.6) is 0 Å². The number of likely N-dealkylation sites (tertiary alicyclic amines) is 1. The molecule has 23 heavy (non-hydrogen) atoms. The van der Waals surface area contributed by atoms with Crippen molar-refractivity contribution in [2.75, 3.05) is 6.54 Å². The van der Waals surface area contributed by atoms with Gasteiger partial charge in [-0.1, -0.05) is 18.2 Å². The number of alkyl halides is 3. The van der Waals surface area contributed by atoms with E-state index in [0.717, 1.165) is 11.0 Å². The molecule has 1 aromatic carbocycles.